The standard InChI is InChI=1S/C44H38N6O6/c51-41-13-12-40(43(52)49-41)50-26-30-19-27(5-10-35(30)44(50)53)3-1-17-54-18-2-4-31-8-9-32(24-46-31)55-33-21-34(22-33)56-42-14-7-29(23-47-42)28-6-11-36-37-25-45-16-15-38(37)48-39(36)20-28/h5-11,14-16,19-20,23-25,33-34,40,48H,1,3,12-13,17-18,21-22,26H2,(H,49,51,52)/t33-,34-,40?. The Kier molecular flexibility index (Phi) is 9.59. The van der Waals surface area contributed by atoms with Gasteiger partial charge in [-0.1, -0.05) is 30.2 Å². The summed E-state index contributed by atoms with van der Waals surface area (Å²) in [5.74, 6) is 6.50. The maximum Gasteiger partial charge on any atom is 0.255 e. The first-order valence-electron chi connectivity index (χ1n) is 18.9. The van der Waals surface area contributed by atoms with E-state index in [1.807, 2.05) is 60.9 Å². The predicted octanol–water partition coefficient (Wildman–Crippen LogP) is 5.92. The molecule has 9 rings (SSSR count). The monoisotopic (exact) mass is 746 g/mol. The van der Waals surface area contributed by atoms with Gasteiger partial charge in [-0.2, -0.15) is 0 Å². The van der Waals surface area contributed by atoms with Crippen molar-refractivity contribution in [3.8, 4) is 34.6 Å². The number of pyridine rings is 3. The fourth-order valence-corrected chi connectivity index (χ4v) is 7.55. The molecule has 56 heavy (non-hydrogen) atoms. The zero-order valence-electron chi connectivity index (χ0n) is 30.5. The van der Waals surface area contributed by atoms with Gasteiger partial charge in [0.15, 0.2) is 0 Å². The third-order valence-electron chi connectivity index (χ3n) is 10.6. The normalized spacial score (nSPS) is 19.0. The topological polar surface area (TPSA) is 149 Å². The number of imide groups is 1. The second-order valence-electron chi connectivity index (χ2n) is 14.4. The largest absolute Gasteiger partial charge is 0.489 e. The minimum Gasteiger partial charge on any atom is -0.489 e. The van der Waals surface area contributed by atoms with E-state index in [9.17, 15) is 14.4 Å². The van der Waals surface area contributed by atoms with Crippen LogP contribution in [0, 0.1) is 11.8 Å². The van der Waals surface area contributed by atoms with Crippen LogP contribution in [0.15, 0.2) is 91.5 Å². The van der Waals surface area contributed by atoms with Gasteiger partial charge < -0.3 is 24.1 Å². The lowest BCUT2D eigenvalue weighted by molar-refractivity contribution is -0.136. The van der Waals surface area contributed by atoms with Crippen LogP contribution >= 0.6 is 0 Å². The van der Waals surface area contributed by atoms with E-state index in [-0.39, 0.29) is 30.4 Å². The molecule has 2 aromatic carbocycles. The summed E-state index contributed by atoms with van der Waals surface area (Å²) in [7, 11) is 0. The van der Waals surface area contributed by atoms with Crippen molar-refractivity contribution < 1.29 is 28.6 Å². The lowest BCUT2D eigenvalue weighted by Gasteiger charge is -2.34. The highest BCUT2D eigenvalue weighted by atomic mass is 16.5. The van der Waals surface area contributed by atoms with Gasteiger partial charge in [0.2, 0.25) is 17.7 Å². The molecule has 6 heterocycles. The van der Waals surface area contributed by atoms with Crippen molar-refractivity contribution in [2.24, 2.45) is 0 Å². The molecule has 280 valence electrons. The Hall–Kier alpha value is -6.58. The van der Waals surface area contributed by atoms with Crippen molar-refractivity contribution in [1.29, 1.82) is 0 Å². The minimum atomic E-state index is -0.609. The number of benzene rings is 2. The number of hydrogen-bond donors (Lipinski definition) is 2. The quantitative estimate of drug-likeness (QED) is 0.0936. The van der Waals surface area contributed by atoms with Crippen LogP contribution in [0.4, 0.5) is 0 Å². The molecule has 1 saturated carbocycles. The highest BCUT2D eigenvalue weighted by molar-refractivity contribution is 6.08. The zero-order chi connectivity index (χ0) is 38.0. The molecule has 12 nitrogen and oxygen atoms in total. The number of carbonyl (C=O) groups is 3. The Morgan fingerprint density at radius 3 is 2.57 bits per heavy atom. The average Bonchev–Trinajstić information content (AvgIpc) is 3.73. The molecular weight excluding hydrogens is 709 g/mol. The number of aromatic nitrogens is 4. The van der Waals surface area contributed by atoms with Gasteiger partial charge in [0, 0.05) is 90.0 Å². The van der Waals surface area contributed by atoms with E-state index in [0.717, 1.165) is 69.7 Å². The Labute approximate surface area is 322 Å². The SMILES string of the molecule is O=C1CCC(N2Cc3cc(CCCOCC#Cc4ccc(O[C@H]5C[C@H](Oc6ccc(-c7ccc8c(c7)[nH]c7ccncc78)cn6)C5)cn4)ccc3C2=O)C(=O)N1. The smallest absolute Gasteiger partial charge is 0.255 e. The molecule has 3 aliphatic rings. The van der Waals surface area contributed by atoms with Crippen LogP contribution in [-0.2, 0) is 27.3 Å². The van der Waals surface area contributed by atoms with Crippen molar-refractivity contribution in [2.45, 2.75) is 63.3 Å². The first kappa shape index (κ1) is 35.1. The van der Waals surface area contributed by atoms with Crippen LogP contribution in [0.2, 0.25) is 0 Å². The summed E-state index contributed by atoms with van der Waals surface area (Å²) in [6.07, 6.45) is 11.0. The number of aryl methyl sites for hydroxylation is 1. The number of ether oxygens (including phenoxy) is 3. The summed E-state index contributed by atoms with van der Waals surface area (Å²) in [6.45, 7) is 1.21. The van der Waals surface area contributed by atoms with Gasteiger partial charge in [0.05, 0.1) is 6.20 Å². The number of piperidine rings is 1. The number of nitrogens with one attached hydrogen (secondary N) is 2. The summed E-state index contributed by atoms with van der Waals surface area (Å²) < 4.78 is 17.9. The van der Waals surface area contributed by atoms with Crippen LogP contribution in [0.3, 0.4) is 0 Å². The highest BCUT2D eigenvalue weighted by Crippen LogP contribution is 2.32. The van der Waals surface area contributed by atoms with Crippen molar-refractivity contribution in [2.75, 3.05) is 13.2 Å². The van der Waals surface area contributed by atoms with Crippen LogP contribution < -0.4 is 14.8 Å². The first-order chi connectivity index (χ1) is 27.4. The molecule has 0 radical (unpaired) electrons. The summed E-state index contributed by atoms with van der Waals surface area (Å²) in [6, 6.07) is 21.2. The minimum absolute atomic E-state index is 0.0460. The average molecular weight is 747 g/mol. The van der Waals surface area contributed by atoms with Crippen molar-refractivity contribution in [3.63, 3.8) is 0 Å². The van der Waals surface area contributed by atoms with E-state index in [2.05, 4.69) is 55.3 Å². The van der Waals surface area contributed by atoms with E-state index in [0.29, 0.717) is 49.1 Å². The van der Waals surface area contributed by atoms with Gasteiger partial charge >= 0.3 is 0 Å². The Balaban J connectivity index is 0.672. The molecule has 0 bridgehead atoms. The van der Waals surface area contributed by atoms with Crippen molar-refractivity contribution in [1.82, 2.24) is 30.2 Å². The van der Waals surface area contributed by atoms with Gasteiger partial charge in [0.1, 0.15) is 36.3 Å². The van der Waals surface area contributed by atoms with Gasteiger partial charge in [-0.05, 0) is 78.3 Å². The number of H-pyrrole nitrogens is 1. The van der Waals surface area contributed by atoms with Gasteiger partial charge in [-0.3, -0.25) is 24.7 Å². The summed E-state index contributed by atoms with van der Waals surface area (Å²) >= 11 is 0. The molecule has 6 aromatic rings. The van der Waals surface area contributed by atoms with Crippen LogP contribution in [0.25, 0.3) is 32.9 Å². The molecular formula is C44H38N6O6. The fraction of sp³-hybridized carbons (Fsp3) is 0.273. The molecule has 12 heteroatoms. The number of aromatic amines is 1. The molecule has 0 spiro atoms. The molecule has 2 N–H and O–H groups in total. The van der Waals surface area contributed by atoms with E-state index in [4.69, 9.17) is 14.2 Å². The van der Waals surface area contributed by atoms with Crippen molar-refractivity contribution >= 4 is 39.5 Å². The molecule has 3 amide bonds. The number of rotatable bonds is 11. The number of fused-ring (bicyclic) bond motifs is 4. The molecule has 2 fully saturated rings. The third-order valence-corrected chi connectivity index (χ3v) is 10.6. The number of amides is 3. The summed E-state index contributed by atoms with van der Waals surface area (Å²) in [5.41, 5.74) is 7.50. The molecule has 2 aliphatic heterocycles. The Morgan fingerprint density at radius 2 is 1.73 bits per heavy atom. The third kappa shape index (κ3) is 7.41. The molecule has 1 aliphatic carbocycles. The van der Waals surface area contributed by atoms with Crippen LogP contribution in [-0.4, -0.2) is 74.0 Å². The molecule has 1 atom stereocenters. The Morgan fingerprint density at radius 1 is 0.839 bits per heavy atom. The van der Waals surface area contributed by atoms with Gasteiger partial charge in [-0.25, -0.2) is 9.97 Å². The number of hydrogen-bond acceptors (Lipinski definition) is 9. The Bertz CT molecular complexity index is 2520. The second-order valence-corrected chi connectivity index (χ2v) is 14.4. The molecule has 4 aromatic heterocycles. The maximum atomic E-state index is 12.9. The fourth-order valence-electron chi connectivity index (χ4n) is 7.55. The van der Waals surface area contributed by atoms with E-state index >= 15 is 0 Å². The van der Waals surface area contributed by atoms with E-state index in [1.54, 1.807) is 17.3 Å². The maximum absolute atomic E-state index is 12.9. The van der Waals surface area contributed by atoms with Crippen LogP contribution in [0.1, 0.15) is 59.3 Å². The lowest BCUT2D eigenvalue weighted by Crippen LogP contribution is -2.52. The summed E-state index contributed by atoms with van der Waals surface area (Å²) in [4.78, 5) is 55.0. The van der Waals surface area contributed by atoms with E-state index < -0.39 is 11.9 Å². The molecule has 1 unspecified atom stereocenters. The molecule has 1 saturated heterocycles. The van der Waals surface area contributed by atoms with E-state index in [1.165, 1.54) is 0 Å². The lowest BCUT2D eigenvalue weighted by atomic mass is 9.92. The number of carbonyl (C=O) groups excluding carboxylic acids is 3. The summed E-state index contributed by atoms with van der Waals surface area (Å²) in [5, 5.41) is 4.60. The van der Waals surface area contributed by atoms with Crippen LogP contribution in [0.5, 0.6) is 11.6 Å². The first-order valence-corrected chi connectivity index (χ1v) is 18.9. The van der Waals surface area contributed by atoms with Gasteiger partial charge in [-0.15, -0.1) is 0 Å². The zero-order valence-corrected chi connectivity index (χ0v) is 30.5. The second kappa shape index (κ2) is 15.3. The van der Waals surface area contributed by atoms with Gasteiger partial charge in [0.25, 0.3) is 5.91 Å². The van der Waals surface area contributed by atoms with Crippen molar-refractivity contribution in [3.05, 3.63) is 114 Å². The highest BCUT2D eigenvalue weighted by Gasteiger charge is 2.39. The predicted molar refractivity (Wildman–Crippen MR) is 208 cm³/mol. The number of nitrogens with zero attached hydrogens (tertiary/aromatic N) is 4.